The molecule has 1 saturated carbocycles. The van der Waals surface area contributed by atoms with Crippen molar-refractivity contribution in [1.82, 2.24) is 10.2 Å². The average Bonchev–Trinajstić information content (AvgIpc) is 2.26. The van der Waals surface area contributed by atoms with Crippen LogP contribution in [0.25, 0.3) is 0 Å². The minimum absolute atomic E-state index is 0.536. The van der Waals surface area contributed by atoms with E-state index in [2.05, 4.69) is 31.0 Å². The quantitative estimate of drug-likeness (QED) is 0.790. The third-order valence-electron chi connectivity index (χ3n) is 4.73. The molecular weight excluding hydrogens is 196 g/mol. The van der Waals surface area contributed by atoms with Gasteiger partial charge in [0.15, 0.2) is 0 Å². The Bertz CT molecular complexity index is 223. The topological polar surface area (TPSA) is 15.3 Å². The van der Waals surface area contributed by atoms with Gasteiger partial charge in [0, 0.05) is 30.7 Å². The molecule has 2 rings (SSSR count). The van der Waals surface area contributed by atoms with Crippen LogP contribution in [-0.4, -0.2) is 35.6 Å². The van der Waals surface area contributed by atoms with E-state index in [-0.39, 0.29) is 0 Å². The minimum atomic E-state index is 0.536. The molecule has 0 radical (unpaired) electrons. The Balaban J connectivity index is 1.99. The Labute approximate surface area is 101 Å². The van der Waals surface area contributed by atoms with Crippen LogP contribution in [0.4, 0.5) is 0 Å². The summed E-state index contributed by atoms with van der Waals surface area (Å²) in [6.07, 6.45) is 8.21. The van der Waals surface area contributed by atoms with E-state index in [9.17, 15) is 0 Å². The minimum Gasteiger partial charge on any atom is -0.311 e. The second kappa shape index (κ2) is 5.05. The first-order chi connectivity index (χ1) is 7.69. The highest BCUT2D eigenvalue weighted by atomic mass is 15.3. The van der Waals surface area contributed by atoms with Gasteiger partial charge in [0.25, 0.3) is 0 Å². The molecule has 16 heavy (non-hydrogen) atoms. The molecule has 1 aliphatic heterocycles. The van der Waals surface area contributed by atoms with Crippen LogP contribution in [0.3, 0.4) is 0 Å². The first-order valence-electron chi connectivity index (χ1n) is 7.19. The first kappa shape index (κ1) is 12.4. The highest BCUT2D eigenvalue weighted by Gasteiger charge is 2.42. The lowest BCUT2D eigenvalue weighted by Gasteiger charge is -2.55. The molecule has 94 valence electrons. The predicted octanol–water partition coefficient (Wildman–Crippen LogP) is 2.78. The SMILES string of the molecule is CCCC1CN(C2(C)CCC2)C(CC)CN1. The maximum absolute atomic E-state index is 3.73. The van der Waals surface area contributed by atoms with Gasteiger partial charge in [-0.1, -0.05) is 20.3 Å². The highest BCUT2D eigenvalue weighted by Crippen LogP contribution is 2.39. The molecule has 2 nitrogen and oxygen atoms in total. The van der Waals surface area contributed by atoms with Crippen molar-refractivity contribution in [1.29, 1.82) is 0 Å². The number of hydrogen-bond acceptors (Lipinski definition) is 2. The normalized spacial score (nSPS) is 34.7. The Hall–Kier alpha value is -0.0800. The lowest BCUT2D eigenvalue weighted by molar-refractivity contribution is -0.0303. The van der Waals surface area contributed by atoms with Crippen LogP contribution < -0.4 is 5.32 Å². The molecule has 1 aliphatic carbocycles. The molecule has 1 N–H and O–H groups in total. The highest BCUT2D eigenvalue weighted by molar-refractivity contribution is 5.00. The Morgan fingerprint density at radius 2 is 2.06 bits per heavy atom. The van der Waals surface area contributed by atoms with E-state index in [1.807, 2.05) is 0 Å². The molecule has 0 bridgehead atoms. The molecular formula is C14H28N2. The summed E-state index contributed by atoms with van der Waals surface area (Å²) in [4.78, 5) is 2.83. The van der Waals surface area contributed by atoms with Crippen LogP contribution in [0.15, 0.2) is 0 Å². The largest absolute Gasteiger partial charge is 0.311 e. The standard InChI is InChI=1S/C14H28N2/c1-4-7-12-11-16(13(5-2)10-15-12)14(3)8-6-9-14/h12-13,15H,4-11H2,1-3H3. The fourth-order valence-electron chi connectivity index (χ4n) is 3.41. The predicted molar refractivity (Wildman–Crippen MR) is 69.7 cm³/mol. The summed E-state index contributed by atoms with van der Waals surface area (Å²) in [5.41, 5.74) is 0.536. The molecule has 2 unspecified atom stereocenters. The Kier molecular flexibility index (Phi) is 3.91. The van der Waals surface area contributed by atoms with Crippen LogP contribution in [0.1, 0.15) is 59.3 Å². The maximum Gasteiger partial charge on any atom is 0.0224 e. The second-order valence-electron chi connectivity index (χ2n) is 5.96. The van der Waals surface area contributed by atoms with Crippen LogP contribution in [0.5, 0.6) is 0 Å². The third kappa shape index (κ3) is 2.28. The van der Waals surface area contributed by atoms with E-state index in [1.54, 1.807) is 0 Å². The number of hydrogen-bond donors (Lipinski definition) is 1. The summed E-state index contributed by atoms with van der Waals surface area (Å²) in [5, 5.41) is 3.73. The van der Waals surface area contributed by atoms with Gasteiger partial charge in [0.1, 0.15) is 0 Å². The molecule has 0 aromatic carbocycles. The van der Waals surface area contributed by atoms with Crippen molar-refractivity contribution in [3.05, 3.63) is 0 Å². The van der Waals surface area contributed by atoms with Crippen LogP contribution in [0.2, 0.25) is 0 Å². The van der Waals surface area contributed by atoms with Gasteiger partial charge >= 0.3 is 0 Å². The van der Waals surface area contributed by atoms with Crippen LogP contribution >= 0.6 is 0 Å². The van der Waals surface area contributed by atoms with Gasteiger partial charge in [-0.3, -0.25) is 4.90 Å². The van der Waals surface area contributed by atoms with Gasteiger partial charge in [-0.15, -0.1) is 0 Å². The Morgan fingerprint density at radius 3 is 2.56 bits per heavy atom. The number of rotatable bonds is 4. The van der Waals surface area contributed by atoms with E-state index >= 15 is 0 Å². The molecule has 0 aromatic rings. The van der Waals surface area contributed by atoms with Crippen molar-refractivity contribution in [2.24, 2.45) is 0 Å². The first-order valence-corrected chi connectivity index (χ1v) is 7.19. The van der Waals surface area contributed by atoms with E-state index in [0.717, 1.165) is 12.1 Å². The summed E-state index contributed by atoms with van der Waals surface area (Å²) >= 11 is 0. The summed E-state index contributed by atoms with van der Waals surface area (Å²) in [6, 6.07) is 1.52. The maximum atomic E-state index is 3.73. The molecule has 0 aromatic heterocycles. The van der Waals surface area contributed by atoms with Gasteiger partial charge in [-0.25, -0.2) is 0 Å². The van der Waals surface area contributed by atoms with Crippen molar-refractivity contribution in [2.45, 2.75) is 76.9 Å². The molecule has 1 saturated heterocycles. The van der Waals surface area contributed by atoms with Gasteiger partial charge < -0.3 is 5.32 Å². The van der Waals surface area contributed by atoms with Crippen molar-refractivity contribution < 1.29 is 0 Å². The summed E-state index contributed by atoms with van der Waals surface area (Å²) in [6.45, 7) is 9.59. The fourth-order valence-corrected chi connectivity index (χ4v) is 3.41. The van der Waals surface area contributed by atoms with Crippen molar-refractivity contribution in [3.8, 4) is 0 Å². The van der Waals surface area contributed by atoms with Crippen LogP contribution in [-0.2, 0) is 0 Å². The molecule has 0 spiro atoms. The zero-order valence-electron chi connectivity index (χ0n) is 11.3. The monoisotopic (exact) mass is 224 g/mol. The third-order valence-corrected chi connectivity index (χ3v) is 4.73. The van der Waals surface area contributed by atoms with Gasteiger partial charge in [-0.2, -0.15) is 0 Å². The Morgan fingerprint density at radius 1 is 1.31 bits per heavy atom. The van der Waals surface area contributed by atoms with E-state index in [4.69, 9.17) is 0 Å². The molecule has 1 heterocycles. The fraction of sp³-hybridized carbons (Fsp3) is 1.00. The van der Waals surface area contributed by atoms with E-state index < -0.39 is 0 Å². The number of nitrogens with one attached hydrogen (secondary N) is 1. The zero-order valence-corrected chi connectivity index (χ0v) is 11.3. The lowest BCUT2D eigenvalue weighted by Crippen LogP contribution is -2.65. The van der Waals surface area contributed by atoms with Gasteiger partial charge in [0.05, 0.1) is 0 Å². The van der Waals surface area contributed by atoms with Gasteiger partial charge in [0.2, 0.25) is 0 Å². The molecule has 2 atom stereocenters. The summed E-state index contributed by atoms with van der Waals surface area (Å²) in [7, 11) is 0. The number of nitrogens with zero attached hydrogens (tertiary/aromatic N) is 1. The molecule has 2 aliphatic rings. The molecule has 0 amide bonds. The van der Waals surface area contributed by atoms with E-state index in [0.29, 0.717) is 5.54 Å². The van der Waals surface area contributed by atoms with Crippen molar-refractivity contribution >= 4 is 0 Å². The summed E-state index contributed by atoms with van der Waals surface area (Å²) < 4.78 is 0. The lowest BCUT2D eigenvalue weighted by atomic mass is 9.75. The average molecular weight is 224 g/mol. The summed E-state index contributed by atoms with van der Waals surface area (Å²) in [5.74, 6) is 0. The zero-order chi connectivity index (χ0) is 11.6. The van der Waals surface area contributed by atoms with E-state index in [1.165, 1.54) is 51.6 Å². The van der Waals surface area contributed by atoms with Crippen molar-refractivity contribution in [2.75, 3.05) is 13.1 Å². The molecule has 2 heteroatoms. The van der Waals surface area contributed by atoms with Crippen LogP contribution in [0, 0.1) is 0 Å². The van der Waals surface area contributed by atoms with Gasteiger partial charge in [-0.05, 0) is 39.0 Å². The van der Waals surface area contributed by atoms with Crippen molar-refractivity contribution in [3.63, 3.8) is 0 Å². The smallest absolute Gasteiger partial charge is 0.0224 e. The second-order valence-corrected chi connectivity index (χ2v) is 5.96. The molecule has 2 fully saturated rings. The number of piperazine rings is 1.